The van der Waals surface area contributed by atoms with Crippen LogP contribution in [0.1, 0.15) is 17.5 Å². The van der Waals surface area contributed by atoms with Gasteiger partial charge >= 0.3 is 0 Å². The lowest BCUT2D eigenvalue weighted by atomic mass is 10.1. The molecule has 25 heavy (non-hydrogen) atoms. The molecule has 2 amide bonds. The summed E-state index contributed by atoms with van der Waals surface area (Å²) in [5.41, 5.74) is 4.76. The number of carbonyl (C=O) groups is 2. The summed E-state index contributed by atoms with van der Waals surface area (Å²) < 4.78 is 5.88. The molecule has 0 radical (unpaired) electrons. The van der Waals surface area contributed by atoms with Crippen LogP contribution in [0.2, 0.25) is 0 Å². The van der Waals surface area contributed by atoms with Crippen LogP contribution in [0.25, 0.3) is 0 Å². The minimum absolute atomic E-state index is 0.319. The zero-order valence-corrected chi connectivity index (χ0v) is 15.5. The van der Waals surface area contributed by atoms with Gasteiger partial charge in [-0.25, -0.2) is 5.43 Å². The normalized spacial score (nSPS) is 10.5. The highest BCUT2D eigenvalue weighted by Gasteiger charge is 2.10. The third-order valence-electron chi connectivity index (χ3n) is 3.34. The number of carbonyl (C=O) groups excluding carboxylic acids is 2. The van der Waals surface area contributed by atoms with Gasteiger partial charge in [0.05, 0.1) is 19.0 Å². The van der Waals surface area contributed by atoms with Crippen LogP contribution in [0.5, 0.6) is 5.75 Å². The molecule has 2 aromatic rings. The van der Waals surface area contributed by atoms with Crippen LogP contribution >= 0.6 is 15.9 Å². The van der Waals surface area contributed by atoms with E-state index in [9.17, 15) is 9.59 Å². The van der Waals surface area contributed by atoms with E-state index in [2.05, 4.69) is 31.8 Å². The van der Waals surface area contributed by atoms with E-state index in [1.165, 1.54) is 6.21 Å². The highest BCUT2D eigenvalue weighted by molar-refractivity contribution is 9.10. The van der Waals surface area contributed by atoms with E-state index in [-0.39, 0.29) is 6.42 Å². The van der Waals surface area contributed by atoms with Gasteiger partial charge in [0, 0.05) is 4.47 Å². The van der Waals surface area contributed by atoms with Gasteiger partial charge in [0.25, 0.3) is 0 Å². The Labute approximate surface area is 154 Å². The molecule has 0 saturated heterocycles. The zero-order chi connectivity index (χ0) is 18.2. The molecule has 0 atom stereocenters. The molecule has 0 aliphatic heterocycles. The number of halogens is 1. The second-order valence-corrected chi connectivity index (χ2v) is 6.07. The molecule has 0 spiro atoms. The first-order chi connectivity index (χ1) is 12.0. The molecule has 0 bridgehead atoms. The molecular formula is C18H18BrN3O3. The number of hydrazone groups is 1. The van der Waals surface area contributed by atoms with Gasteiger partial charge in [-0.05, 0) is 64.3 Å². The standard InChI is InChI=1S/C18H18BrN3O3/c1-12-9-14(25-2)8-7-13(12)11-20-22-18(24)10-17(23)21-16-6-4-3-5-15(16)19/h3-9,11H,10H2,1-2H3,(H,21,23)(H,22,24). The number of methoxy groups -OCH3 is 1. The Morgan fingerprint density at radius 2 is 1.96 bits per heavy atom. The maximum absolute atomic E-state index is 11.9. The predicted octanol–water partition coefficient (Wildman–Crippen LogP) is 3.25. The van der Waals surface area contributed by atoms with Gasteiger partial charge in [-0.15, -0.1) is 0 Å². The Morgan fingerprint density at radius 1 is 1.20 bits per heavy atom. The van der Waals surface area contributed by atoms with Gasteiger partial charge in [-0.2, -0.15) is 5.10 Å². The second-order valence-electron chi connectivity index (χ2n) is 5.22. The van der Waals surface area contributed by atoms with Gasteiger partial charge < -0.3 is 10.1 Å². The van der Waals surface area contributed by atoms with E-state index in [4.69, 9.17) is 4.74 Å². The van der Waals surface area contributed by atoms with E-state index in [1.54, 1.807) is 31.4 Å². The predicted molar refractivity (Wildman–Crippen MR) is 101 cm³/mol. The summed E-state index contributed by atoms with van der Waals surface area (Å²) in [6.07, 6.45) is 1.21. The monoisotopic (exact) mass is 403 g/mol. The lowest BCUT2D eigenvalue weighted by molar-refractivity contribution is -0.126. The summed E-state index contributed by atoms with van der Waals surface area (Å²) in [7, 11) is 1.60. The highest BCUT2D eigenvalue weighted by atomic mass is 79.9. The molecule has 0 aliphatic rings. The smallest absolute Gasteiger partial charge is 0.249 e. The molecule has 0 saturated carbocycles. The van der Waals surface area contributed by atoms with E-state index in [0.29, 0.717) is 5.69 Å². The molecule has 0 fully saturated rings. The van der Waals surface area contributed by atoms with Gasteiger partial charge in [0.2, 0.25) is 11.8 Å². The number of nitrogens with one attached hydrogen (secondary N) is 2. The van der Waals surface area contributed by atoms with Gasteiger partial charge in [-0.1, -0.05) is 12.1 Å². The topological polar surface area (TPSA) is 79.8 Å². The number of amides is 2. The van der Waals surface area contributed by atoms with E-state index >= 15 is 0 Å². The highest BCUT2D eigenvalue weighted by Crippen LogP contribution is 2.21. The van der Waals surface area contributed by atoms with Crippen LogP contribution in [0.4, 0.5) is 5.69 Å². The van der Waals surface area contributed by atoms with Crippen LogP contribution in [0.15, 0.2) is 52.0 Å². The minimum atomic E-state index is -0.494. The summed E-state index contributed by atoms with van der Waals surface area (Å²) in [4.78, 5) is 23.7. The van der Waals surface area contributed by atoms with Crippen LogP contribution in [0, 0.1) is 6.92 Å². The lowest BCUT2D eigenvalue weighted by Crippen LogP contribution is -2.24. The van der Waals surface area contributed by atoms with Gasteiger partial charge in [0.15, 0.2) is 0 Å². The third-order valence-corrected chi connectivity index (χ3v) is 4.03. The van der Waals surface area contributed by atoms with Gasteiger partial charge in [0.1, 0.15) is 12.2 Å². The number of para-hydroxylation sites is 1. The fourth-order valence-corrected chi connectivity index (χ4v) is 2.42. The maximum atomic E-state index is 11.9. The first-order valence-corrected chi connectivity index (χ1v) is 8.30. The fraction of sp³-hybridized carbons (Fsp3) is 0.167. The maximum Gasteiger partial charge on any atom is 0.249 e. The number of rotatable bonds is 6. The number of aryl methyl sites for hydroxylation is 1. The van der Waals surface area contributed by atoms with Crippen molar-refractivity contribution in [3.63, 3.8) is 0 Å². The molecule has 2 N–H and O–H groups in total. The van der Waals surface area contributed by atoms with E-state index < -0.39 is 11.8 Å². The average molecular weight is 404 g/mol. The summed E-state index contributed by atoms with van der Waals surface area (Å²) in [5.74, 6) is -0.158. The van der Waals surface area contributed by atoms with Crippen molar-refractivity contribution in [1.29, 1.82) is 0 Å². The molecular weight excluding hydrogens is 386 g/mol. The van der Waals surface area contributed by atoms with Crippen molar-refractivity contribution in [2.45, 2.75) is 13.3 Å². The number of hydrogen-bond acceptors (Lipinski definition) is 4. The molecule has 0 unspecified atom stereocenters. The van der Waals surface area contributed by atoms with Crippen molar-refractivity contribution in [3.8, 4) is 5.75 Å². The Bertz CT molecular complexity index is 806. The first-order valence-electron chi connectivity index (χ1n) is 7.50. The molecule has 2 aromatic carbocycles. The zero-order valence-electron chi connectivity index (χ0n) is 13.9. The summed E-state index contributed by atoms with van der Waals surface area (Å²) in [6.45, 7) is 1.91. The van der Waals surface area contributed by atoms with Crippen LogP contribution in [-0.4, -0.2) is 25.1 Å². The van der Waals surface area contributed by atoms with Crippen molar-refractivity contribution >= 4 is 39.6 Å². The Kier molecular flexibility index (Phi) is 6.71. The summed E-state index contributed by atoms with van der Waals surface area (Å²) >= 11 is 3.33. The molecule has 0 aromatic heterocycles. The second kappa shape index (κ2) is 8.98. The Hall–Kier alpha value is -2.67. The fourth-order valence-electron chi connectivity index (χ4n) is 2.04. The Balaban J connectivity index is 1.86. The van der Waals surface area contributed by atoms with Crippen LogP contribution < -0.4 is 15.5 Å². The molecule has 7 heteroatoms. The van der Waals surface area contributed by atoms with E-state index in [1.807, 2.05) is 25.1 Å². The third kappa shape index (κ3) is 5.72. The van der Waals surface area contributed by atoms with Crippen LogP contribution in [-0.2, 0) is 9.59 Å². The molecule has 6 nitrogen and oxygen atoms in total. The number of anilines is 1. The average Bonchev–Trinajstić information content (AvgIpc) is 2.58. The largest absolute Gasteiger partial charge is 0.497 e. The summed E-state index contributed by atoms with van der Waals surface area (Å²) in [6, 6.07) is 12.7. The van der Waals surface area contributed by atoms with Crippen molar-refractivity contribution in [1.82, 2.24) is 5.43 Å². The SMILES string of the molecule is COc1ccc(C=NNC(=O)CC(=O)Nc2ccccc2Br)c(C)c1. The number of benzene rings is 2. The molecule has 2 rings (SSSR count). The van der Waals surface area contributed by atoms with E-state index in [0.717, 1.165) is 21.3 Å². The molecule has 0 aliphatic carbocycles. The van der Waals surface area contributed by atoms with Crippen molar-refractivity contribution in [2.24, 2.45) is 5.10 Å². The minimum Gasteiger partial charge on any atom is -0.497 e. The number of hydrogen-bond donors (Lipinski definition) is 2. The first kappa shape index (κ1) is 18.7. The quantitative estimate of drug-likeness (QED) is 0.441. The molecule has 0 heterocycles. The number of nitrogens with zero attached hydrogens (tertiary/aromatic N) is 1. The van der Waals surface area contributed by atoms with Crippen molar-refractivity contribution < 1.29 is 14.3 Å². The summed E-state index contributed by atoms with van der Waals surface area (Å²) in [5, 5.41) is 6.54. The lowest BCUT2D eigenvalue weighted by Gasteiger charge is -2.06. The van der Waals surface area contributed by atoms with Crippen LogP contribution in [0.3, 0.4) is 0 Å². The van der Waals surface area contributed by atoms with Crippen molar-refractivity contribution in [2.75, 3.05) is 12.4 Å². The van der Waals surface area contributed by atoms with Crippen molar-refractivity contribution in [3.05, 3.63) is 58.1 Å². The molecule has 130 valence electrons. The number of ether oxygens (including phenoxy) is 1. The Morgan fingerprint density at radius 3 is 2.64 bits per heavy atom. The van der Waals surface area contributed by atoms with Gasteiger partial charge in [-0.3, -0.25) is 9.59 Å².